The van der Waals surface area contributed by atoms with E-state index < -0.39 is 43.7 Å². The maximum Gasteiger partial charge on any atom is 0.408 e. The summed E-state index contributed by atoms with van der Waals surface area (Å²) < 4.78 is 41.3. The summed E-state index contributed by atoms with van der Waals surface area (Å²) in [6.45, 7) is 7.44. The first-order chi connectivity index (χ1) is 22.0. The molecular formula is C33H45N2O10P. The Bertz CT molecular complexity index is 1340. The van der Waals surface area contributed by atoms with Crippen LogP contribution in [0.1, 0.15) is 51.7 Å². The van der Waals surface area contributed by atoms with Crippen molar-refractivity contribution in [2.24, 2.45) is 0 Å². The third-order valence-corrected chi connectivity index (χ3v) is 8.97. The Labute approximate surface area is 270 Å². The highest BCUT2D eigenvalue weighted by molar-refractivity contribution is 7.57. The normalized spacial score (nSPS) is 17.4. The van der Waals surface area contributed by atoms with Gasteiger partial charge in [-0.1, -0.05) is 54.1 Å². The molecule has 1 aliphatic heterocycles. The van der Waals surface area contributed by atoms with E-state index in [2.05, 4.69) is 10.4 Å². The number of hydrogen-bond donors (Lipinski definition) is 3. The lowest BCUT2D eigenvalue weighted by atomic mass is 10.1. The average molecular weight is 661 g/mol. The van der Waals surface area contributed by atoms with E-state index in [-0.39, 0.29) is 37.6 Å². The molecular weight excluding hydrogens is 615 g/mol. The van der Waals surface area contributed by atoms with E-state index >= 15 is 0 Å². The molecule has 0 aromatic heterocycles. The topological polar surface area (TPSA) is 159 Å². The van der Waals surface area contributed by atoms with Crippen LogP contribution in [0.5, 0.6) is 5.75 Å². The van der Waals surface area contributed by atoms with Crippen molar-refractivity contribution in [2.45, 2.75) is 77.9 Å². The molecule has 0 aliphatic carbocycles. The van der Waals surface area contributed by atoms with Gasteiger partial charge in [-0.3, -0.25) is 9.36 Å². The minimum Gasteiger partial charge on any atom is -0.462 e. The lowest BCUT2D eigenvalue weighted by Gasteiger charge is -2.24. The summed E-state index contributed by atoms with van der Waals surface area (Å²) >= 11 is 0. The predicted molar refractivity (Wildman–Crippen MR) is 171 cm³/mol. The van der Waals surface area contributed by atoms with Gasteiger partial charge in [0.1, 0.15) is 30.5 Å². The van der Waals surface area contributed by atoms with Crippen LogP contribution < -0.4 is 14.9 Å². The smallest absolute Gasteiger partial charge is 0.408 e. The molecule has 0 radical (unpaired) electrons. The first kappa shape index (κ1) is 36.8. The number of benzene rings is 2. The number of esters is 2. The molecule has 1 saturated heterocycles. The molecule has 2 aromatic carbocycles. The lowest BCUT2D eigenvalue weighted by molar-refractivity contribution is -0.151. The van der Waals surface area contributed by atoms with Gasteiger partial charge in [0.05, 0.1) is 32.1 Å². The molecule has 1 amide bonds. The third-order valence-electron chi connectivity index (χ3n) is 6.84. The number of alkyl carbamates (subject to hydrolysis) is 1. The number of hydrogen-bond acceptors (Lipinski definition) is 10. The fraction of sp³-hybridized carbons (Fsp3) is 0.485. The van der Waals surface area contributed by atoms with Crippen molar-refractivity contribution in [1.82, 2.24) is 10.4 Å². The van der Waals surface area contributed by atoms with Crippen LogP contribution in [0.25, 0.3) is 0 Å². The van der Waals surface area contributed by atoms with Gasteiger partial charge >= 0.3 is 25.6 Å². The molecule has 0 saturated carbocycles. The molecule has 0 spiro atoms. The molecule has 0 bridgehead atoms. The van der Waals surface area contributed by atoms with Crippen molar-refractivity contribution in [3.63, 3.8) is 0 Å². The highest BCUT2D eigenvalue weighted by Crippen LogP contribution is 2.44. The molecule has 3 N–H and O–H groups in total. The van der Waals surface area contributed by atoms with Crippen molar-refractivity contribution >= 4 is 25.6 Å². The Morgan fingerprint density at radius 1 is 1.04 bits per heavy atom. The summed E-state index contributed by atoms with van der Waals surface area (Å²) in [5, 5.41) is 14.7. The summed E-state index contributed by atoms with van der Waals surface area (Å²) in [6.07, 6.45) is 1.30. The van der Waals surface area contributed by atoms with Crippen molar-refractivity contribution in [3.8, 4) is 5.75 Å². The van der Waals surface area contributed by atoms with Crippen molar-refractivity contribution in [2.75, 3.05) is 26.0 Å². The van der Waals surface area contributed by atoms with E-state index in [1.54, 1.807) is 58.0 Å². The SMILES string of the molecule is C/C(=C\CCP(=O)(N[C@@H](C)C(=O)OC(C)C)Oc1ccc(C[C@H](NC(=O)OCc2ccccc2)C(=O)O[C@H]2CCOC2)cc1)CO. The molecule has 1 heterocycles. The maximum absolute atomic E-state index is 13.9. The number of aliphatic hydroxyl groups is 1. The van der Waals surface area contributed by atoms with Gasteiger partial charge < -0.3 is 33.9 Å². The molecule has 12 nitrogen and oxygen atoms in total. The molecule has 1 fully saturated rings. The molecule has 1 unspecified atom stereocenters. The molecule has 252 valence electrons. The highest BCUT2D eigenvalue weighted by atomic mass is 31.2. The van der Waals surface area contributed by atoms with E-state index in [0.29, 0.717) is 37.2 Å². The number of amides is 1. The second-order valence-corrected chi connectivity index (χ2v) is 13.6. The number of allylic oxidation sites excluding steroid dienone is 1. The number of aliphatic hydroxyl groups excluding tert-OH is 1. The van der Waals surface area contributed by atoms with Crippen LogP contribution in [-0.2, 0) is 46.1 Å². The first-order valence-corrected chi connectivity index (χ1v) is 17.1. The van der Waals surface area contributed by atoms with Crippen LogP contribution in [-0.4, -0.2) is 73.4 Å². The molecule has 2 aromatic rings. The Kier molecular flexibility index (Phi) is 14.7. The van der Waals surface area contributed by atoms with Crippen LogP contribution in [0.2, 0.25) is 0 Å². The van der Waals surface area contributed by atoms with Gasteiger partial charge in [0, 0.05) is 12.8 Å². The average Bonchev–Trinajstić information content (AvgIpc) is 3.53. The van der Waals surface area contributed by atoms with E-state index in [1.165, 1.54) is 0 Å². The van der Waals surface area contributed by atoms with E-state index in [9.17, 15) is 24.1 Å². The van der Waals surface area contributed by atoms with Gasteiger partial charge in [0.25, 0.3) is 0 Å². The van der Waals surface area contributed by atoms with Crippen LogP contribution in [0, 0.1) is 0 Å². The van der Waals surface area contributed by atoms with Gasteiger partial charge in [-0.2, -0.15) is 0 Å². The van der Waals surface area contributed by atoms with Crippen LogP contribution in [0.3, 0.4) is 0 Å². The van der Waals surface area contributed by atoms with E-state index in [0.717, 1.165) is 5.56 Å². The van der Waals surface area contributed by atoms with E-state index in [1.807, 2.05) is 30.3 Å². The van der Waals surface area contributed by atoms with Crippen molar-refractivity contribution in [1.29, 1.82) is 0 Å². The van der Waals surface area contributed by atoms with Crippen LogP contribution in [0.15, 0.2) is 66.2 Å². The molecule has 3 rings (SSSR count). The first-order valence-electron chi connectivity index (χ1n) is 15.3. The van der Waals surface area contributed by atoms with Gasteiger partial charge in [-0.15, -0.1) is 0 Å². The summed E-state index contributed by atoms with van der Waals surface area (Å²) in [7, 11) is -3.63. The van der Waals surface area contributed by atoms with Crippen LogP contribution >= 0.6 is 7.52 Å². The van der Waals surface area contributed by atoms with Gasteiger partial charge in [0.2, 0.25) is 0 Å². The summed E-state index contributed by atoms with van der Waals surface area (Å²) in [4.78, 5) is 38.1. The monoisotopic (exact) mass is 660 g/mol. The van der Waals surface area contributed by atoms with Crippen molar-refractivity contribution < 1.29 is 47.5 Å². The Morgan fingerprint density at radius 2 is 1.76 bits per heavy atom. The summed E-state index contributed by atoms with van der Waals surface area (Å²) in [5.74, 6) is -0.910. The quantitative estimate of drug-likeness (QED) is 0.0936. The zero-order valence-corrected chi connectivity index (χ0v) is 27.7. The van der Waals surface area contributed by atoms with Gasteiger partial charge in [-0.25, -0.2) is 14.7 Å². The van der Waals surface area contributed by atoms with E-state index in [4.69, 9.17) is 23.5 Å². The Hall–Kier alpha value is -3.70. The maximum atomic E-state index is 13.9. The minimum atomic E-state index is -3.63. The zero-order valence-electron chi connectivity index (χ0n) is 26.8. The van der Waals surface area contributed by atoms with Crippen LogP contribution in [0.4, 0.5) is 4.79 Å². The minimum absolute atomic E-state index is 0.0359. The number of carbonyl (C=O) groups excluding carboxylic acids is 3. The number of nitrogens with one attached hydrogen (secondary N) is 2. The molecule has 46 heavy (non-hydrogen) atoms. The second kappa shape index (κ2) is 18.4. The Morgan fingerprint density at radius 3 is 2.39 bits per heavy atom. The third kappa shape index (κ3) is 13.0. The number of carbonyl (C=O) groups is 3. The standard InChI is InChI=1S/C33H45N2O10P/c1-23(2)43-31(37)25(4)35-46(40,18-8-9-24(3)20-36)45-28-14-12-26(13-15-28)19-30(32(38)44-29-16-17-41-22-29)34-33(39)42-21-27-10-6-5-7-11-27/h5-7,9-15,23,25,29-30,36H,8,16-22H2,1-4H3,(H,34,39)(H,35,40)/b24-9+/t25-,29-,30-,46?/m0/s1. The predicted octanol–water partition coefficient (Wildman–Crippen LogP) is 4.69. The fourth-order valence-electron chi connectivity index (χ4n) is 4.41. The molecule has 13 heteroatoms. The lowest BCUT2D eigenvalue weighted by Crippen LogP contribution is -2.44. The number of ether oxygens (including phenoxy) is 4. The van der Waals surface area contributed by atoms with Gasteiger partial charge in [0.15, 0.2) is 0 Å². The zero-order chi connectivity index (χ0) is 33.5. The molecule has 4 atom stereocenters. The fourth-order valence-corrected chi connectivity index (χ4v) is 6.31. The summed E-state index contributed by atoms with van der Waals surface area (Å²) in [5.41, 5.74) is 2.18. The highest BCUT2D eigenvalue weighted by Gasteiger charge is 2.31. The van der Waals surface area contributed by atoms with Gasteiger partial charge in [-0.05, 0) is 57.4 Å². The van der Waals surface area contributed by atoms with Crippen molar-refractivity contribution in [3.05, 3.63) is 77.4 Å². The second-order valence-electron chi connectivity index (χ2n) is 11.4. The Balaban J connectivity index is 1.70. The molecule has 1 aliphatic rings. The summed E-state index contributed by atoms with van der Waals surface area (Å²) in [6, 6.07) is 13.8. The number of rotatable bonds is 17. The largest absolute Gasteiger partial charge is 0.462 e.